The predicted octanol–water partition coefficient (Wildman–Crippen LogP) is 3.98. The van der Waals surface area contributed by atoms with E-state index >= 15 is 0 Å². The molecule has 2 aromatic rings. The van der Waals surface area contributed by atoms with Gasteiger partial charge in [0.05, 0.1) is 18.2 Å². The topological polar surface area (TPSA) is 59.6 Å². The van der Waals surface area contributed by atoms with Gasteiger partial charge in [-0.1, -0.05) is 0 Å². The van der Waals surface area contributed by atoms with Gasteiger partial charge in [-0.3, -0.25) is 10.1 Å². The van der Waals surface area contributed by atoms with Crippen molar-refractivity contribution in [2.24, 2.45) is 0 Å². The van der Waals surface area contributed by atoms with E-state index < -0.39 is 0 Å². The lowest BCUT2D eigenvalue weighted by Crippen LogP contribution is -2.34. The molecule has 7 heteroatoms. The van der Waals surface area contributed by atoms with E-state index in [1.165, 1.54) is 0 Å². The molecule has 126 valence electrons. The molecule has 0 aliphatic carbocycles. The highest BCUT2D eigenvalue weighted by atomic mass is 79.9. The highest BCUT2D eigenvalue weighted by Gasteiger charge is 2.09. The van der Waals surface area contributed by atoms with Crippen molar-refractivity contribution in [2.75, 3.05) is 19.0 Å². The number of rotatable bonds is 5. The molecule has 2 aromatic carbocycles. The van der Waals surface area contributed by atoms with Crippen LogP contribution in [0.5, 0.6) is 11.5 Å². The third-order valence-corrected chi connectivity index (χ3v) is 3.89. The summed E-state index contributed by atoms with van der Waals surface area (Å²) in [7, 11) is 1.59. The molecule has 0 spiro atoms. The normalized spacial score (nSPS) is 9.96. The van der Waals surface area contributed by atoms with Crippen LogP contribution in [-0.4, -0.2) is 24.7 Å². The average Bonchev–Trinajstić information content (AvgIpc) is 2.56. The van der Waals surface area contributed by atoms with Gasteiger partial charge in [0.2, 0.25) is 0 Å². The number of nitrogens with one attached hydrogen (secondary N) is 2. The second-order valence-electron chi connectivity index (χ2n) is 4.71. The molecule has 0 saturated heterocycles. The molecule has 0 atom stereocenters. The number of carbonyl (C=O) groups is 1. The number of methoxy groups -OCH3 is 1. The molecule has 0 fully saturated rings. The fraction of sp³-hybridized carbons (Fsp3) is 0.176. The monoisotopic (exact) mass is 408 g/mol. The molecule has 0 heterocycles. The Hall–Kier alpha value is -2.12. The molecule has 0 aliphatic rings. The van der Waals surface area contributed by atoms with Crippen molar-refractivity contribution >= 4 is 44.9 Å². The second kappa shape index (κ2) is 8.65. The SMILES string of the molecule is CCOc1ccc(C(=O)NC(=S)Nc2ccc(OC)c(Br)c2)cc1. The van der Waals surface area contributed by atoms with Crippen LogP contribution in [0.25, 0.3) is 0 Å². The van der Waals surface area contributed by atoms with Crippen molar-refractivity contribution in [1.29, 1.82) is 0 Å². The summed E-state index contributed by atoms with van der Waals surface area (Å²) in [5.41, 5.74) is 1.23. The number of ether oxygens (including phenoxy) is 2. The molecule has 0 aliphatic heterocycles. The van der Waals surface area contributed by atoms with Gasteiger partial charge >= 0.3 is 0 Å². The van der Waals surface area contributed by atoms with Gasteiger partial charge in [0.1, 0.15) is 11.5 Å². The number of hydrogen-bond donors (Lipinski definition) is 2. The summed E-state index contributed by atoms with van der Waals surface area (Å²) in [5, 5.41) is 5.81. The standard InChI is InChI=1S/C17H17BrN2O3S/c1-3-23-13-7-4-11(5-8-13)16(21)20-17(24)19-12-6-9-15(22-2)14(18)10-12/h4-10H,3H2,1-2H3,(H2,19,20,21,24). The molecule has 24 heavy (non-hydrogen) atoms. The first-order valence-corrected chi connectivity index (χ1v) is 8.42. The first-order chi connectivity index (χ1) is 11.5. The number of amides is 1. The van der Waals surface area contributed by atoms with Gasteiger partial charge in [-0.2, -0.15) is 0 Å². The Bertz CT molecular complexity index is 735. The zero-order valence-corrected chi connectivity index (χ0v) is 15.7. The number of benzene rings is 2. The third-order valence-electron chi connectivity index (χ3n) is 3.06. The van der Waals surface area contributed by atoms with Crippen molar-refractivity contribution in [3.05, 3.63) is 52.5 Å². The fourth-order valence-electron chi connectivity index (χ4n) is 1.95. The maximum Gasteiger partial charge on any atom is 0.257 e. The molecule has 2 N–H and O–H groups in total. The third kappa shape index (κ3) is 4.94. The van der Waals surface area contributed by atoms with Crippen molar-refractivity contribution in [1.82, 2.24) is 5.32 Å². The summed E-state index contributed by atoms with van der Waals surface area (Å²) in [6.07, 6.45) is 0. The van der Waals surface area contributed by atoms with Crippen LogP contribution in [0.15, 0.2) is 46.9 Å². The highest BCUT2D eigenvalue weighted by molar-refractivity contribution is 9.10. The van der Waals surface area contributed by atoms with Crippen LogP contribution >= 0.6 is 28.1 Å². The zero-order chi connectivity index (χ0) is 17.5. The highest BCUT2D eigenvalue weighted by Crippen LogP contribution is 2.27. The van der Waals surface area contributed by atoms with Gasteiger partial charge in [0, 0.05) is 11.3 Å². The van der Waals surface area contributed by atoms with Crippen molar-refractivity contribution in [3.8, 4) is 11.5 Å². The maximum absolute atomic E-state index is 12.2. The Labute approximate surface area is 154 Å². The van der Waals surface area contributed by atoms with Crippen LogP contribution in [0, 0.1) is 0 Å². The minimum atomic E-state index is -0.289. The van der Waals surface area contributed by atoms with E-state index in [0.29, 0.717) is 17.9 Å². The Morgan fingerprint density at radius 2 is 1.92 bits per heavy atom. The van der Waals surface area contributed by atoms with E-state index in [0.717, 1.165) is 15.9 Å². The van der Waals surface area contributed by atoms with Crippen LogP contribution in [-0.2, 0) is 0 Å². The number of thiocarbonyl (C=S) groups is 1. The quantitative estimate of drug-likeness (QED) is 0.732. The first kappa shape index (κ1) is 18.2. The van der Waals surface area contributed by atoms with E-state index in [1.54, 1.807) is 43.5 Å². The maximum atomic E-state index is 12.2. The Morgan fingerprint density at radius 1 is 1.21 bits per heavy atom. The predicted molar refractivity (Wildman–Crippen MR) is 102 cm³/mol. The minimum Gasteiger partial charge on any atom is -0.496 e. The molecule has 0 radical (unpaired) electrons. The Morgan fingerprint density at radius 3 is 2.50 bits per heavy atom. The lowest BCUT2D eigenvalue weighted by molar-refractivity contribution is 0.0977. The Kier molecular flexibility index (Phi) is 6.57. The number of carbonyl (C=O) groups excluding carboxylic acids is 1. The molecular weight excluding hydrogens is 392 g/mol. The van der Waals surface area contributed by atoms with Crippen LogP contribution in [0.2, 0.25) is 0 Å². The molecule has 0 aromatic heterocycles. The smallest absolute Gasteiger partial charge is 0.257 e. The van der Waals surface area contributed by atoms with Gasteiger partial charge < -0.3 is 14.8 Å². The molecule has 5 nitrogen and oxygen atoms in total. The summed E-state index contributed by atoms with van der Waals surface area (Å²) in [6.45, 7) is 2.49. The second-order valence-corrected chi connectivity index (χ2v) is 5.98. The van der Waals surface area contributed by atoms with Gasteiger partial charge in [0.15, 0.2) is 5.11 Å². The molecule has 0 saturated carbocycles. The average molecular weight is 409 g/mol. The van der Waals surface area contributed by atoms with E-state index in [4.69, 9.17) is 21.7 Å². The molecule has 2 rings (SSSR count). The van der Waals surface area contributed by atoms with Crippen LogP contribution < -0.4 is 20.1 Å². The van der Waals surface area contributed by atoms with Crippen molar-refractivity contribution < 1.29 is 14.3 Å². The van der Waals surface area contributed by atoms with Gasteiger partial charge in [0.25, 0.3) is 5.91 Å². The number of hydrogen-bond acceptors (Lipinski definition) is 4. The number of anilines is 1. The summed E-state index contributed by atoms with van der Waals surface area (Å²) in [5.74, 6) is 1.14. The lowest BCUT2D eigenvalue weighted by atomic mass is 10.2. The van der Waals surface area contributed by atoms with E-state index in [-0.39, 0.29) is 11.0 Å². The minimum absolute atomic E-state index is 0.214. The summed E-state index contributed by atoms with van der Waals surface area (Å²) < 4.78 is 11.3. The zero-order valence-electron chi connectivity index (χ0n) is 13.3. The van der Waals surface area contributed by atoms with E-state index in [9.17, 15) is 4.79 Å². The van der Waals surface area contributed by atoms with Crippen molar-refractivity contribution in [3.63, 3.8) is 0 Å². The molecule has 0 unspecified atom stereocenters. The molecule has 1 amide bonds. The van der Waals surface area contributed by atoms with Crippen LogP contribution in [0.3, 0.4) is 0 Å². The lowest BCUT2D eigenvalue weighted by Gasteiger charge is -2.11. The van der Waals surface area contributed by atoms with E-state index in [2.05, 4.69) is 26.6 Å². The first-order valence-electron chi connectivity index (χ1n) is 7.22. The van der Waals surface area contributed by atoms with Crippen molar-refractivity contribution in [2.45, 2.75) is 6.92 Å². The number of halogens is 1. The summed E-state index contributed by atoms with van der Waals surface area (Å²) >= 11 is 8.57. The van der Waals surface area contributed by atoms with E-state index in [1.807, 2.05) is 13.0 Å². The van der Waals surface area contributed by atoms with Crippen LogP contribution in [0.1, 0.15) is 17.3 Å². The molecule has 0 bridgehead atoms. The fourth-order valence-corrected chi connectivity index (χ4v) is 2.70. The summed E-state index contributed by atoms with van der Waals surface area (Å²) in [4.78, 5) is 12.2. The Balaban J connectivity index is 1.96. The van der Waals surface area contributed by atoms with Crippen LogP contribution in [0.4, 0.5) is 5.69 Å². The molecular formula is C17H17BrN2O3S. The van der Waals surface area contributed by atoms with Gasteiger partial charge in [-0.25, -0.2) is 0 Å². The largest absolute Gasteiger partial charge is 0.496 e. The van der Waals surface area contributed by atoms with Gasteiger partial charge in [-0.15, -0.1) is 0 Å². The summed E-state index contributed by atoms with van der Waals surface area (Å²) in [6, 6.07) is 12.3. The van der Waals surface area contributed by atoms with Gasteiger partial charge in [-0.05, 0) is 77.5 Å².